The molecule has 1 aliphatic carbocycles. The second kappa shape index (κ2) is 8.58. The van der Waals surface area contributed by atoms with Gasteiger partial charge in [-0.15, -0.1) is 23.7 Å². The maximum atomic E-state index is 12.8. The fraction of sp³-hybridized carbons (Fsp3) is 0.316. The van der Waals surface area contributed by atoms with Crippen LogP contribution in [0.25, 0.3) is 0 Å². The lowest BCUT2D eigenvalue weighted by Crippen LogP contribution is -2.28. The molecule has 5 nitrogen and oxygen atoms in total. The number of amides is 1. The molecule has 0 bridgehead atoms. The predicted octanol–water partition coefficient (Wildman–Crippen LogP) is 3.62. The van der Waals surface area contributed by atoms with Crippen molar-refractivity contribution >= 4 is 46.9 Å². The molecule has 1 heterocycles. The third-order valence-corrected chi connectivity index (χ3v) is 5.44. The number of carbonyl (C=O) groups excluding carboxylic acids is 3. The highest BCUT2D eigenvalue weighted by atomic mass is 35.5. The third-order valence-electron chi connectivity index (χ3n) is 4.46. The Morgan fingerprint density at radius 2 is 1.69 bits per heavy atom. The van der Waals surface area contributed by atoms with Gasteiger partial charge < -0.3 is 10.2 Å². The van der Waals surface area contributed by atoms with Crippen molar-refractivity contribution in [2.45, 2.75) is 20.3 Å². The van der Waals surface area contributed by atoms with E-state index < -0.39 is 0 Å². The summed E-state index contributed by atoms with van der Waals surface area (Å²) < 4.78 is 0. The van der Waals surface area contributed by atoms with Gasteiger partial charge in [0.15, 0.2) is 5.78 Å². The topological polar surface area (TPSA) is 66.5 Å². The number of carbonyl (C=O) groups is 3. The van der Waals surface area contributed by atoms with Crippen LogP contribution in [0, 0.1) is 0 Å². The fourth-order valence-corrected chi connectivity index (χ4v) is 3.94. The van der Waals surface area contributed by atoms with E-state index in [0.717, 1.165) is 13.1 Å². The molecule has 1 amide bonds. The van der Waals surface area contributed by atoms with Gasteiger partial charge in [0.05, 0.1) is 16.1 Å². The first-order chi connectivity index (χ1) is 12.1. The lowest BCUT2D eigenvalue weighted by molar-refractivity contribution is -0.116. The quantitative estimate of drug-likeness (QED) is 0.695. The van der Waals surface area contributed by atoms with Crippen LogP contribution in [-0.4, -0.2) is 42.0 Å². The number of hydrogen-bond acceptors (Lipinski definition) is 5. The summed E-state index contributed by atoms with van der Waals surface area (Å²) in [7, 11) is 0. The second-order valence-electron chi connectivity index (χ2n) is 5.88. The Kier molecular flexibility index (Phi) is 6.69. The first-order valence-corrected chi connectivity index (χ1v) is 9.26. The van der Waals surface area contributed by atoms with Crippen molar-refractivity contribution in [1.82, 2.24) is 4.90 Å². The van der Waals surface area contributed by atoms with E-state index in [1.807, 2.05) is 0 Å². The van der Waals surface area contributed by atoms with Gasteiger partial charge in [0.25, 0.3) is 0 Å². The van der Waals surface area contributed by atoms with Crippen LogP contribution in [0.15, 0.2) is 29.6 Å². The van der Waals surface area contributed by atoms with Gasteiger partial charge in [0, 0.05) is 29.5 Å². The van der Waals surface area contributed by atoms with Gasteiger partial charge >= 0.3 is 0 Å². The van der Waals surface area contributed by atoms with Crippen molar-refractivity contribution in [2.75, 3.05) is 25.0 Å². The van der Waals surface area contributed by atoms with Crippen LogP contribution in [0.3, 0.4) is 0 Å². The molecule has 3 rings (SSSR count). The summed E-state index contributed by atoms with van der Waals surface area (Å²) >= 11 is 1.21. The van der Waals surface area contributed by atoms with Crippen molar-refractivity contribution in [3.05, 3.63) is 51.2 Å². The van der Waals surface area contributed by atoms with Crippen LogP contribution in [0.1, 0.15) is 51.4 Å². The highest BCUT2D eigenvalue weighted by Crippen LogP contribution is 2.36. The standard InChI is InChI=1S/C19H20N2O3S.ClH/c1-3-21(4-2)10-9-15(22)20-14-11-25-19-16(14)17(23)12-7-5-6-8-13(12)18(19)24;/h5-8,11H,3-4,9-10H2,1-2H3,(H,20,22);1H. The van der Waals surface area contributed by atoms with Crippen molar-refractivity contribution in [3.63, 3.8) is 0 Å². The van der Waals surface area contributed by atoms with Crippen LogP contribution >= 0.6 is 23.7 Å². The van der Waals surface area contributed by atoms with Crippen molar-refractivity contribution < 1.29 is 14.4 Å². The Morgan fingerprint density at radius 3 is 2.31 bits per heavy atom. The lowest BCUT2D eigenvalue weighted by atomic mass is 9.88. The average molecular weight is 393 g/mol. The molecule has 0 unspecified atom stereocenters. The van der Waals surface area contributed by atoms with E-state index in [0.29, 0.717) is 40.2 Å². The maximum absolute atomic E-state index is 12.8. The number of rotatable bonds is 6. The Labute approximate surface area is 162 Å². The molecule has 0 radical (unpaired) electrons. The van der Waals surface area contributed by atoms with E-state index in [4.69, 9.17) is 0 Å². The molecule has 0 spiro atoms. The van der Waals surface area contributed by atoms with Gasteiger partial charge in [0.1, 0.15) is 0 Å². The van der Waals surface area contributed by atoms with Crippen molar-refractivity contribution in [2.24, 2.45) is 0 Å². The van der Waals surface area contributed by atoms with Crippen LogP contribution in [0.2, 0.25) is 0 Å². The summed E-state index contributed by atoms with van der Waals surface area (Å²) in [6.45, 7) is 6.56. The number of anilines is 1. The fourth-order valence-electron chi connectivity index (χ4n) is 2.99. The summed E-state index contributed by atoms with van der Waals surface area (Å²) in [5.74, 6) is -0.504. The van der Waals surface area contributed by atoms with Crippen LogP contribution in [0.5, 0.6) is 0 Å². The summed E-state index contributed by atoms with van der Waals surface area (Å²) in [6, 6.07) is 6.81. The average Bonchev–Trinajstić information content (AvgIpc) is 3.04. The molecule has 26 heavy (non-hydrogen) atoms. The van der Waals surface area contributed by atoms with Crippen LogP contribution in [0.4, 0.5) is 5.69 Å². The van der Waals surface area contributed by atoms with E-state index >= 15 is 0 Å². The molecule has 1 aliphatic rings. The number of thiophene rings is 1. The molecule has 1 aromatic carbocycles. The molecule has 0 saturated heterocycles. The SMILES string of the molecule is CCN(CC)CCC(=O)Nc1csc2c1C(=O)c1ccccc1C2=O.Cl. The van der Waals surface area contributed by atoms with Gasteiger partial charge in [-0.2, -0.15) is 0 Å². The second-order valence-corrected chi connectivity index (χ2v) is 6.76. The van der Waals surface area contributed by atoms with Gasteiger partial charge in [-0.05, 0) is 13.1 Å². The Hall–Kier alpha value is -2.02. The van der Waals surface area contributed by atoms with E-state index in [2.05, 4.69) is 24.1 Å². The highest BCUT2D eigenvalue weighted by Gasteiger charge is 2.33. The van der Waals surface area contributed by atoms with Crippen molar-refractivity contribution in [3.8, 4) is 0 Å². The Balaban J connectivity index is 0.00000243. The van der Waals surface area contributed by atoms with E-state index in [1.165, 1.54) is 11.3 Å². The first-order valence-electron chi connectivity index (χ1n) is 8.38. The normalized spacial score (nSPS) is 12.4. The summed E-state index contributed by atoms with van der Waals surface area (Å²) in [6.07, 6.45) is 0.352. The number of halogens is 1. The monoisotopic (exact) mass is 392 g/mol. The van der Waals surface area contributed by atoms with E-state index in [1.54, 1.807) is 29.6 Å². The molecule has 0 atom stereocenters. The Morgan fingerprint density at radius 1 is 1.08 bits per heavy atom. The number of nitrogens with zero attached hydrogens (tertiary/aromatic N) is 1. The Bertz CT molecular complexity index is 843. The lowest BCUT2D eigenvalue weighted by Gasteiger charge is -2.18. The highest BCUT2D eigenvalue weighted by molar-refractivity contribution is 7.13. The van der Waals surface area contributed by atoms with Gasteiger partial charge in [-0.25, -0.2) is 0 Å². The molecule has 0 fully saturated rings. The summed E-state index contributed by atoms with van der Waals surface area (Å²) in [5.41, 5.74) is 1.60. The van der Waals surface area contributed by atoms with E-state index in [9.17, 15) is 14.4 Å². The minimum absolute atomic E-state index is 0. The first kappa shape index (κ1) is 20.3. The molecule has 0 saturated carbocycles. The van der Waals surface area contributed by atoms with Gasteiger partial charge in [-0.3, -0.25) is 14.4 Å². The third kappa shape index (κ3) is 3.72. The van der Waals surface area contributed by atoms with E-state index in [-0.39, 0.29) is 29.9 Å². The molecular weight excluding hydrogens is 372 g/mol. The van der Waals surface area contributed by atoms with Crippen molar-refractivity contribution in [1.29, 1.82) is 0 Å². The predicted molar refractivity (Wildman–Crippen MR) is 106 cm³/mol. The van der Waals surface area contributed by atoms with Crippen LogP contribution < -0.4 is 5.32 Å². The number of ketones is 2. The minimum atomic E-state index is -0.203. The molecule has 0 aliphatic heterocycles. The zero-order valence-electron chi connectivity index (χ0n) is 14.7. The molecule has 7 heteroatoms. The largest absolute Gasteiger partial charge is 0.325 e. The molecular formula is C19H21ClN2O3S. The smallest absolute Gasteiger partial charge is 0.225 e. The minimum Gasteiger partial charge on any atom is -0.325 e. The molecule has 2 aromatic rings. The van der Waals surface area contributed by atoms with Crippen LogP contribution in [-0.2, 0) is 4.79 Å². The maximum Gasteiger partial charge on any atom is 0.225 e. The molecule has 138 valence electrons. The molecule has 1 N–H and O–H groups in total. The number of nitrogens with one attached hydrogen (secondary N) is 1. The zero-order valence-corrected chi connectivity index (χ0v) is 16.3. The number of benzene rings is 1. The summed E-state index contributed by atoms with van der Waals surface area (Å²) in [5, 5.41) is 4.49. The van der Waals surface area contributed by atoms with Gasteiger partial charge in [-0.1, -0.05) is 38.1 Å². The number of fused-ring (bicyclic) bond motifs is 2. The molecule has 1 aromatic heterocycles. The zero-order chi connectivity index (χ0) is 18.0. The van der Waals surface area contributed by atoms with Gasteiger partial charge in [0.2, 0.25) is 11.7 Å². The number of hydrogen-bond donors (Lipinski definition) is 1. The summed E-state index contributed by atoms with van der Waals surface area (Å²) in [4.78, 5) is 40.2.